The molecule has 0 saturated carbocycles. The first-order chi connectivity index (χ1) is 12.0. The molecular weight excluding hydrogens is 336 g/mol. The van der Waals surface area contributed by atoms with Crippen molar-refractivity contribution in [2.24, 2.45) is 0 Å². The van der Waals surface area contributed by atoms with Crippen molar-refractivity contribution >= 4 is 17.6 Å². The fourth-order valence-electron chi connectivity index (χ4n) is 2.80. The fourth-order valence-corrected chi connectivity index (χ4v) is 2.92. The molecule has 0 aliphatic heterocycles. The summed E-state index contributed by atoms with van der Waals surface area (Å²) >= 11 is 6.02. The number of carbonyl (C=O) groups excluding carboxylic acids is 1. The quantitative estimate of drug-likeness (QED) is 0.620. The Hall–Kier alpha value is -2.59. The molecule has 25 heavy (non-hydrogen) atoms. The summed E-state index contributed by atoms with van der Waals surface area (Å²) in [5, 5.41) is 5.25. The van der Waals surface area contributed by atoms with Gasteiger partial charge in [0.2, 0.25) is 0 Å². The lowest BCUT2D eigenvalue weighted by Gasteiger charge is -2.11. The molecule has 0 unspecified atom stereocenters. The molecule has 3 rings (SSSR count). The Kier molecular flexibility index (Phi) is 4.91. The van der Waals surface area contributed by atoms with Crippen LogP contribution in [0, 0.1) is 13.8 Å². The van der Waals surface area contributed by atoms with E-state index in [1.165, 1.54) is 0 Å². The normalized spacial score (nSPS) is 10.7. The third-order valence-electron chi connectivity index (χ3n) is 3.90. The van der Waals surface area contributed by atoms with Gasteiger partial charge in [-0.1, -0.05) is 35.9 Å². The van der Waals surface area contributed by atoms with E-state index in [1.807, 2.05) is 50.2 Å². The van der Waals surface area contributed by atoms with E-state index in [1.54, 1.807) is 23.7 Å². The Morgan fingerprint density at radius 1 is 1.16 bits per heavy atom. The smallest absolute Gasteiger partial charge is 0.342 e. The van der Waals surface area contributed by atoms with Gasteiger partial charge >= 0.3 is 5.97 Å². The highest BCUT2D eigenvalue weighted by atomic mass is 35.5. The van der Waals surface area contributed by atoms with Crippen LogP contribution in [0.3, 0.4) is 0 Å². The zero-order valence-electron chi connectivity index (χ0n) is 14.4. The molecule has 5 heteroatoms. The first kappa shape index (κ1) is 17.2. The van der Waals surface area contributed by atoms with Crippen LogP contribution in [0.1, 0.15) is 28.5 Å². The van der Waals surface area contributed by atoms with Crippen molar-refractivity contribution in [1.29, 1.82) is 0 Å². The standard InChI is InChI=1S/C20H19ClN2O2/c1-4-25-20(24)18-14(3)22-23(17-7-5-6-13(2)12-17)19(18)15-8-10-16(21)11-9-15/h5-12H,4H2,1-3H3. The van der Waals surface area contributed by atoms with Gasteiger partial charge in [-0.05, 0) is 50.6 Å². The number of hydrogen-bond acceptors (Lipinski definition) is 3. The predicted molar refractivity (Wildman–Crippen MR) is 99.4 cm³/mol. The van der Waals surface area contributed by atoms with Crippen LogP contribution in [-0.2, 0) is 4.74 Å². The second kappa shape index (κ2) is 7.11. The molecule has 1 aromatic heterocycles. The SMILES string of the molecule is CCOC(=O)c1c(C)nn(-c2cccc(C)c2)c1-c1ccc(Cl)cc1. The molecule has 1 heterocycles. The average molecular weight is 355 g/mol. The third-order valence-corrected chi connectivity index (χ3v) is 4.16. The van der Waals surface area contributed by atoms with Gasteiger partial charge in [-0.25, -0.2) is 9.48 Å². The molecule has 2 aromatic carbocycles. The monoisotopic (exact) mass is 354 g/mol. The van der Waals surface area contributed by atoms with Gasteiger partial charge in [-0.2, -0.15) is 5.10 Å². The average Bonchev–Trinajstić information content (AvgIpc) is 2.93. The molecule has 0 aliphatic carbocycles. The molecule has 0 amide bonds. The molecular formula is C20H19ClN2O2. The van der Waals surface area contributed by atoms with Crippen molar-refractivity contribution < 1.29 is 9.53 Å². The molecule has 0 aliphatic rings. The highest BCUT2D eigenvalue weighted by Crippen LogP contribution is 2.30. The summed E-state index contributed by atoms with van der Waals surface area (Å²) in [6, 6.07) is 15.4. The Morgan fingerprint density at radius 2 is 1.88 bits per heavy atom. The molecule has 128 valence electrons. The molecule has 4 nitrogen and oxygen atoms in total. The van der Waals surface area contributed by atoms with Gasteiger partial charge in [0.05, 0.1) is 23.7 Å². The molecule has 0 atom stereocenters. The fraction of sp³-hybridized carbons (Fsp3) is 0.200. The van der Waals surface area contributed by atoms with Gasteiger partial charge < -0.3 is 4.74 Å². The maximum atomic E-state index is 12.5. The Labute approximate surface area is 152 Å². The largest absolute Gasteiger partial charge is 0.462 e. The summed E-state index contributed by atoms with van der Waals surface area (Å²) in [6.07, 6.45) is 0. The first-order valence-corrected chi connectivity index (χ1v) is 8.48. The van der Waals surface area contributed by atoms with Crippen LogP contribution in [0.5, 0.6) is 0 Å². The van der Waals surface area contributed by atoms with E-state index in [9.17, 15) is 4.79 Å². The number of carbonyl (C=O) groups is 1. The number of rotatable bonds is 4. The molecule has 0 radical (unpaired) electrons. The van der Waals surface area contributed by atoms with E-state index in [0.717, 1.165) is 16.8 Å². The highest BCUT2D eigenvalue weighted by molar-refractivity contribution is 6.30. The van der Waals surface area contributed by atoms with Gasteiger partial charge in [-0.3, -0.25) is 0 Å². The number of halogens is 1. The number of esters is 1. The van der Waals surface area contributed by atoms with Gasteiger partial charge in [-0.15, -0.1) is 0 Å². The zero-order valence-corrected chi connectivity index (χ0v) is 15.2. The summed E-state index contributed by atoms with van der Waals surface area (Å²) in [7, 11) is 0. The number of aryl methyl sites for hydroxylation is 2. The van der Waals surface area contributed by atoms with Crippen molar-refractivity contribution in [3.05, 3.63) is 70.4 Å². The summed E-state index contributed by atoms with van der Waals surface area (Å²) < 4.78 is 7.04. The van der Waals surface area contributed by atoms with Crippen molar-refractivity contribution in [3.63, 3.8) is 0 Å². The second-order valence-electron chi connectivity index (χ2n) is 5.79. The van der Waals surface area contributed by atoms with E-state index in [2.05, 4.69) is 5.10 Å². The van der Waals surface area contributed by atoms with Crippen molar-refractivity contribution in [2.75, 3.05) is 6.61 Å². The minimum atomic E-state index is -0.371. The molecule has 3 aromatic rings. The van der Waals surface area contributed by atoms with Crippen LogP contribution >= 0.6 is 11.6 Å². The lowest BCUT2D eigenvalue weighted by atomic mass is 10.1. The minimum absolute atomic E-state index is 0.313. The van der Waals surface area contributed by atoms with E-state index in [-0.39, 0.29) is 5.97 Å². The van der Waals surface area contributed by atoms with E-state index in [4.69, 9.17) is 16.3 Å². The van der Waals surface area contributed by atoms with Crippen molar-refractivity contribution in [2.45, 2.75) is 20.8 Å². The number of hydrogen-bond donors (Lipinski definition) is 0. The predicted octanol–water partition coefficient (Wildman–Crippen LogP) is 4.99. The molecule has 0 saturated heterocycles. The van der Waals surface area contributed by atoms with Gasteiger partial charge in [0.25, 0.3) is 0 Å². The summed E-state index contributed by atoms with van der Waals surface area (Å²) in [5.74, 6) is -0.371. The lowest BCUT2D eigenvalue weighted by Crippen LogP contribution is -2.08. The minimum Gasteiger partial charge on any atom is -0.462 e. The Morgan fingerprint density at radius 3 is 2.52 bits per heavy atom. The van der Waals surface area contributed by atoms with E-state index >= 15 is 0 Å². The lowest BCUT2D eigenvalue weighted by molar-refractivity contribution is 0.0526. The maximum Gasteiger partial charge on any atom is 0.342 e. The Bertz CT molecular complexity index is 914. The van der Waals surface area contributed by atoms with Crippen LogP contribution < -0.4 is 0 Å². The second-order valence-corrected chi connectivity index (χ2v) is 6.22. The van der Waals surface area contributed by atoms with Crippen molar-refractivity contribution in [1.82, 2.24) is 9.78 Å². The van der Waals surface area contributed by atoms with Crippen LogP contribution in [0.4, 0.5) is 0 Å². The zero-order chi connectivity index (χ0) is 18.0. The van der Waals surface area contributed by atoms with Gasteiger partial charge in [0.15, 0.2) is 0 Å². The van der Waals surface area contributed by atoms with Gasteiger partial charge in [0, 0.05) is 10.6 Å². The highest BCUT2D eigenvalue weighted by Gasteiger charge is 2.24. The number of ether oxygens (including phenoxy) is 1. The topological polar surface area (TPSA) is 44.1 Å². The van der Waals surface area contributed by atoms with Gasteiger partial charge in [0.1, 0.15) is 5.56 Å². The number of aromatic nitrogens is 2. The third kappa shape index (κ3) is 3.44. The summed E-state index contributed by atoms with van der Waals surface area (Å²) in [6.45, 7) is 5.94. The maximum absolute atomic E-state index is 12.5. The molecule has 0 N–H and O–H groups in total. The molecule has 0 fully saturated rings. The summed E-state index contributed by atoms with van der Waals surface area (Å²) in [5.41, 5.74) is 4.68. The van der Waals surface area contributed by atoms with Crippen LogP contribution in [0.15, 0.2) is 48.5 Å². The molecule has 0 spiro atoms. The van der Waals surface area contributed by atoms with E-state index in [0.29, 0.717) is 28.6 Å². The van der Waals surface area contributed by atoms with Crippen molar-refractivity contribution in [3.8, 4) is 16.9 Å². The van der Waals surface area contributed by atoms with Crippen LogP contribution in [0.25, 0.3) is 16.9 Å². The first-order valence-electron chi connectivity index (χ1n) is 8.11. The molecule has 0 bridgehead atoms. The van der Waals surface area contributed by atoms with E-state index < -0.39 is 0 Å². The summed E-state index contributed by atoms with van der Waals surface area (Å²) in [4.78, 5) is 12.5. The Balaban J connectivity index is 2.27. The number of benzene rings is 2. The van der Waals surface area contributed by atoms with Crippen LogP contribution in [-0.4, -0.2) is 22.4 Å². The van der Waals surface area contributed by atoms with Crippen LogP contribution in [0.2, 0.25) is 5.02 Å². The number of nitrogens with zero attached hydrogens (tertiary/aromatic N) is 2.